The van der Waals surface area contributed by atoms with Crippen LogP contribution in [0.25, 0.3) is 0 Å². The van der Waals surface area contributed by atoms with E-state index in [1.807, 2.05) is 6.92 Å². The molecule has 4 heteroatoms. The van der Waals surface area contributed by atoms with Crippen molar-refractivity contribution in [2.75, 3.05) is 26.3 Å². The molecule has 0 radical (unpaired) electrons. The molecule has 0 aliphatic heterocycles. The lowest BCUT2D eigenvalue weighted by atomic mass is 10.1. The number of aryl methyl sites for hydroxylation is 2. The zero-order valence-corrected chi connectivity index (χ0v) is 13.0. The maximum absolute atomic E-state index is 5.37. The van der Waals surface area contributed by atoms with Gasteiger partial charge in [-0.2, -0.15) is 5.10 Å². The molecular formula is C15H29N3O. The van der Waals surface area contributed by atoms with Crippen molar-refractivity contribution in [2.45, 2.75) is 53.5 Å². The van der Waals surface area contributed by atoms with E-state index in [-0.39, 0.29) is 0 Å². The molecule has 1 heterocycles. The summed E-state index contributed by atoms with van der Waals surface area (Å²) in [5, 5.41) is 8.09. The average Bonchev–Trinajstić information content (AvgIpc) is 2.67. The van der Waals surface area contributed by atoms with E-state index in [1.165, 1.54) is 23.4 Å². The van der Waals surface area contributed by atoms with E-state index in [9.17, 15) is 0 Å². The summed E-state index contributed by atoms with van der Waals surface area (Å²) in [6.07, 6.45) is 3.29. The van der Waals surface area contributed by atoms with Crippen LogP contribution in [0.3, 0.4) is 0 Å². The first kappa shape index (κ1) is 16.2. The third-order valence-corrected chi connectivity index (χ3v) is 3.37. The molecule has 0 aromatic carbocycles. The normalized spacial score (nSPS) is 11.2. The minimum Gasteiger partial charge on any atom is -0.382 e. The molecule has 0 aliphatic carbocycles. The van der Waals surface area contributed by atoms with Crippen molar-refractivity contribution in [3.8, 4) is 0 Å². The van der Waals surface area contributed by atoms with E-state index in [4.69, 9.17) is 4.74 Å². The summed E-state index contributed by atoms with van der Waals surface area (Å²) < 4.78 is 7.50. The molecule has 0 amide bonds. The summed E-state index contributed by atoms with van der Waals surface area (Å²) in [6, 6.07) is 0. The van der Waals surface area contributed by atoms with Crippen LogP contribution in [0, 0.1) is 13.8 Å². The number of hydrogen-bond acceptors (Lipinski definition) is 3. The molecule has 19 heavy (non-hydrogen) atoms. The van der Waals surface area contributed by atoms with Crippen LogP contribution >= 0.6 is 0 Å². The van der Waals surface area contributed by atoms with Gasteiger partial charge in [-0.05, 0) is 58.7 Å². The Hall–Kier alpha value is -0.870. The molecule has 1 rings (SSSR count). The molecule has 1 aromatic rings. The molecule has 0 aliphatic rings. The first-order chi connectivity index (χ1) is 9.20. The fraction of sp³-hybridized carbons (Fsp3) is 0.800. The molecule has 0 atom stereocenters. The van der Waals surface area contributed by atoms with E-state index in [2.05, 4.69) is 35.9 Å². The van der Waals surface area contributed by atoms with Crippen molar-refractivity contribution >= 4 is 0 Å². The van der Waals surface area contributed by atoms with E-state index < -0.39 is 0 Å². The van der Waals surface area contributed by atoms with Gasteiger partial charge in [0.25, 0.3) is 0 Å². The molecule has 0 saturated heterocycles. The Morgan fingerprint density at radius 3 is 2.68 bits per heavy atom. The van der Waals surface area contributed by atoms with Gasteiger partial charge in [0.2, 0.25) is 0 Å². The summed E-state index contributed by atoms with van der Waals surface area (Å²) in [6.45, 7) is 13.2. The lowest BCUT2D eigenvalue weighted by molar-refractivity contribution is 0.140. The quantitative estimate of drug-likeness (QED) is 0.662. The van der Waals surface area contributed by atoms with Crippen LogP contribution in [-0.2, 0) is 17.7 Å². The highest BCUT2D eigenvalue weighted by molar-refractivity contribution is 5.24. The molecule has 110 valence electrons. The Bertz CT molecular complexity index is 361. The summed E-state index contributed by atoms with van der Waals surface area (Å²) in [7, 11) is 0. The van der Waals surface area contributed by atoms with Gasteiger partial charge in [-0.3, -0.25) is 4.68 Å². The molecule has 0 fully saturated rings. The van der Waals surface area contributed by atoms with Crippen molar-refractivity contribution in [2.24, 2.45) is 0 Å². The Labute approximate surface area is 117 Å². The zero-order valence-electron chi connectivity index (χ0n) is 13.0. The number of ether oxygens (including phenoxy) is 1. The first-order valence-corrected chi connectivity index (χ1v) is 7.52. The minimum absolute atomic E-state index is 0.797. The highest BCUT2D eigenvalue weighted by Crippen LogP contribution is 2.13. The SMILES string of the molecule is CCCNCCc1c(C)nn(CCCOCC)c1C. The van der Waals surface area contributed by atoms with E-state index in [1.54, 1.807) is 0 Å². The zero-order chi connectivity index (χ0) is 14.1. The standard InChI is InChI=1S/C15H29N3O/c1-5-9-16-10-8-15-13(3)17-18(14(15)4)11-7-12-19-6-2/h16H,5-12H2,1-4H3. The maximum atomic E-state index is 5.37. The number of nitrogens with zero attached hydrogens (tertiary/aromatic N) is 2. The fourth-order valence-corrected chi connectivity index (χ4v) is 2.29. The molecule has 0 saturated carbocycles. The summed E-state index contributed by atoms with van der Waals surface area (Å²) in [5.74, 6) is 0. The van der Waals surface area contributed by atoms with E-state index >= 15 is 0 Å². The summed E-state index contributed by atoms with van der Waals surface area (Å²) in [5.41, 5.74) is 3.89. The smallest absolute Gasteiger partial charge is 0.0628 e. The van der Waals surface area contributed by atoms with Crippen LogP contribution < -0.4 is 5.32 Å². The Morgan fingerprint density at radius 2 is 2.00 bits per heavy atom. The van der Waals surface area contributed by atoms with Gasteiger partial charge in [-0.15, -0.1) is 0 Å². The van der Waals surface area contributed by atoms with E-state index in [0.29, 0.717) is 0 Å². The summed E-state index contributed by atoms with van der Waals surface area (Å²) >= 11 is 0. The lowest BCUT2D eigenvalue weighted by Gasteiger charge is -2.06. The largest absolute Gasteiger partial charge is 0.382 e. The van der Waals surface area contributed by atoms with E-state index in [0.717, 1.165) is 45.7 Å². The second-order valence-electron chi connectivity index (χ2n) is 4.92. The molecule has 4 nitrogen and oxygen atoms in total. The third kappa shape index (κ3) is 5.33. The van der Waals surface area contributed by atoms with Crippen LogP contribution in [0.15, 0.2) is 0 Å². The molecule has 0 spiro atoms. The third-order valence-electron chi connectivity index (χ3n) is 3.37. The van der Waals surface area contributed by atoms with Gasteiger partial charge >= 0.3 is 0 Å². The molecular weight excluding hydrogens is 238 g/mol. The number of nitrogens with one attached hydrogen (secondary N) is 1. The van der Waals surface area contributed by atoms with Crippen molar-refractivity contribution in [3.05, 3.63) is 17.0 Å². The molecule has 1 N–H and O–H groups in total. The monoisotopic (exact) mass is 267 g/mol. The van der Waals surface area contributed by atoms with Crippen molar-refractivity contribution in [3.63, 3.8) is 0 Å². The Balaban J connectivity index is 2.46. The maximum Gasteiger partial charge on any atom is 0.0628 e. The first-order valence-electron chi connectivity index (χ1n) is 7.52. The van der Waals surface area contributed by atoms with Crippen molar-refractivity contribution in [1.82, 2.24) is 15.1 Å². The predicted octanol–water partition coefficient (Wildman–Crippen LogP) is 2.47. The van der Waals surface area contributed by atoms with Gasteiger partial charge in [0.15, 0.2) is 0 Å². The minimum atomic E-state index is 0.797. The Kier molecular flexibility index (Phi) is 7.75. The van der Waals surface area contributed by atoms with Gasteiger partial charge in [-0.25, -0.2) is 0 Å². The summed E-state index contributed by atoms with van der Waals surface area (Å²) in [4.78, 5) is 0. The second-order valence-corrected chi connectivity index (χ2v) is 4.92. The van der Waals surface area contributed by atoms with Gasteiger partial charge in [0.05, 0.1) is 5.69 Å². The van der Waals surface area contributed by atoms with Crippen LogP contribution in [-0.4, -0.2) is 36.1 Å². The van der Waals surface area contributed by atoms with Gasteiger partial charge in [0.1, 0.15) is 0 Å². The van der Waals surface area contributed by atoms with Crippen molar-refractivity contribution < 1.29 is 4.74 Å². The number of rotatable bonds is 10. The molecule has 0 bridgehead atoms. The molecule has 1 aromatic heterocycles. The van der Waals surface area contributed by atoms with Gasteiger partial charge in [-0.1, -0.05) is 6.92 Å². The highest BCUT2D eigenvalue weighted by Gasteiger charge is 2.10. The van der Waals surface area contributed by atoms with Gasteiger partial charge < -0.3 is 10.1 Å². The van der Waals surface area contributed by atoms with Crippen LogP contribution in [0.1, 0.15) is 43.6 Å². The van der Waals surface area contributed by atoms with Crippen LogP contribution in [0.5, 0.6) is 0 Å². The topological polar surface area (TPSA) is 39.1 Å². The number of hydrogen-bond donors (Lipinski definition) is 1. The van der Waals surface area contributed by atoms with Crippen LogP contribution in [0.2, 0.25) is 0 Å². The Morgan fingerprint density at radius 1 is 1.21 bits per heavy atom. The number of aromatic nitrogens is 2. The predicted molar refractivity (Wildman–Crippen MR) is 79.7 cm³/mol. The lowest BCUT2D eigenvalue weighted by Crippen LogP contribution is -2.18. The average molecular weight is 267 g/mol. The highest BCUT2D eigenvalue weighted by atomic mass is 16.5. The van der Waals surface area contributed by atoms with Gasteiger partial charge in [0, 0.05) is 25.5 Å². The molecule has 0 unspecified atom stereocenters. The fourth-order valence-electron chi connectivity index (χ4n) is 2.29. The van der Waals surface area contributed by atoms with Crippen LogP contribution in [0.4, 0.5) is 0 Å². The second kappa shape index (κ2) is 9.10. The van der Waals surface area contributed by atoms with Crippen molar-refractivity contribution in [1.29, 1.82) is 0 Å².